The highest BCUT2D eigenvalue weighted by molar-refractivity contribution is 9.10. The lowest BCUT2D eigenvalue weighted by Gasteiger charge is -2.21. The smallest absolute Gasteiger partial charge is 0.255 e. The van der Waals surface area contributed by atoms with Gasteiger partial charge in [0, 0.05) is 29.3 Å². The minimum Gasteiger partial charge on any atom is -0.439 e. The molecule has 138 valence electrons. The fourth-order valence-electron chi connectivity index (χ4n) is 2.27. The van der Waals surface area contributed by atoms with E-state index in [1.807, 2.05) is 45.0 Å². The van der Waals surface area contributed by atoms with E-state index in [2.05, 4.69) is 26.2 Å². The van der Waals surface area contributed by atoms with Crippen molar-refractivity contribution in [3.05, 3.63) is 52.6 Å². The minimum absolute atomic E-state index is 0.0177. The molecule has 2 rings (SSSR count). The van der Waals surface area contributed by atoms with E-state index >= 15 is 0 Å². The Morgan fingerprint density at radius 3 is 2.62 bits per heavy atom. The van der Waals surface area contributed by atoms with Gasteiger partial charge in [-0.25, -0.2) is 4.98 Å². The number of hydrogen-bond acceptors (Lipinski definition) is 4. The van der Waals surface area contributed by atoms with Crippen molar-refractivity contribution in [3.8, 4) is 11.6 Å². The number of aromatic nitrogens is 1. The molecular formula is C19H22BrN3O3. The molecule has 0 aliphatic rings. The zero-order valence-corrected chi connectivity index (χ0v) is 16.6. The Labute approximate surface area is 161 Å². The SMILES string of the molecule is CCN(CC(=O)NC(C)C)C(=O)c1ccc(Oc2cccc(Br)c2)nc1. The Bertz CT molecular complexity index is 763. The van der Waals surface area contributed by atoms with Gasteiger partial charge in [-0.05, 0) is 45.0 Å². The van der Waals surface area contributed by atoms with Gasteiger partial charge in [-0.1, -0.05) is 22.0 Å². The number of rotatable bonds is 7. The first-order valence-electron chi connectivity index (χ1n) is 8.37. The number of nitrogens with zero attached hydrogens (tertiary/aromatic N) is 2. The lowest BCUT2D eigenvalue weighted by molar-refractivity contribution is -0.122. The number of hydrogen-bond donors (Lipinski definition) is 1. The second-order valence-corrected chi connectivity index (χ2v) is 6.90. The van der Waals surface area contributed by atoms with Crippen molar-refractivity contribution in [1.82, 2.24) is 15.2 Å². The Morgan fingerprint density at radius 1 is 1.27 bits per heavy atom. The number of benzene rings is 1. The van der Waals surface area contributed by atoms with E-state index in [-0.39, 0.29) is 24.4 Å². The molecule has 0 saturated carbocycles. The predicted octanol–water partition coefficient (Wildman–Crippen LogP) is 3.62. The fourth-order valence-corrected chi connectivity index (χ4v) is 2.65. The van der Waals surface area contributed by atoms with Gasteiger partial charge in [-0.15, -0.1) is 0 Å². The van der Waals surface area contributed by atoms with Crippen molar-refractivity contribution in [3.63, 3.8) is 0 Å². The van der Waals surface area contributed by atoms with Crippen LogP contribution >= 0.6 is 15.9 Å². The molecule has 7 heteroatoms. The molecule has 0 spiro atoms. The van der Waals surface area contributed by atoms with Crippen LogP contribution < -0.4 is 10.1 Å². The maximum absolute atomic E-state index is 12.6. The van der Waals surface area contributed by atoms with E-state index < -0.39 is 0 Å². The molecule has 1 aromatic heterocycles. The summed E-state index contributed by atoms with van der Waals surface area (Å²) < 4.78 is 6.56. The van der Waals surface area contributed by atoms with Crippen molar-refractivity contribution in [1.29, 1.82) is 0 Å². The lowest BCUT2D eigenvalue weighted by atomic mass is 10.2. The van der Waals surface area contributed by atoms with Crippen LogP contribution in [0.25, 0.3) is 0 Å². The van der Waals surface area contributed by atoms with E-state index in [9.17, 15) is 9.59 Å². The number of carbonyl (C=O) groups is 2. The Kier molecular flexibility index (Phi) is 7.15. The zero-order valence-electron chi connectivity index (χ0n) is 15.0. The van der Waals surface area contributed by atoms with Crippen LogP contribution in [0.15, 0.2) is 47.1 Å². The number of ether oxygens (including phenoxy) is 1. The highest BCUT2D eigenvalue weighted by Crippen LogP contribution is 2.23. The maximum Gasteiger partial charge on any atom is 0.255 e. The zero-order chi connectivity index (χ0) is 19.1. The monoisotopic (exact) mass is 419 g/mol. The van der Waals surface area contributed by atoms with Gasteiger partial charge < -0.3 is 15.0 Å². The summed E-state index contributed by atoms with van der Waals surface area (Å²) in [6.45, 7) is 6.04. The van der Waals surface area contributed by atoms with Crippen LogP contribution in [0.3, 0.4) is 0 Å². The van der Waals surface area contributed by atoms with Gasteiger partial charge in [0.1, 0.15) is 5.75 Å². The van der Waals surface area contributed by atoms with Crippen molar-refractivity contribution in [2.75, 3.05) is 13.1 Å². The molecule has 1 aromatic carbocycles. The average molecular weight is 420 g/mol. The van der Waals surface area contributed by atoms with Crippen molar-refractivity contribution in [2.24, 2.45) is 0 Å². The molecule has 0 unspecified atom stereocenters. The third kappa shape index (κ3) is 5.84. The van der Waals surface area contributed by atoms with Crippen LogP contribution in [-0.4, -0.2) is 40.8 Å². The Balaban J connectivity index is 2.03. The highest BCUT2D eigenvalue weighted by atomic mass is 79.9. The molecule has 0 radical (unpaired) electrons. The number of likely N-dealkylation sites (N-methyl/N-ethyl adjacent to an activating group) is 1. The summed E-state index contributed by atoms with van der Waals surface area (Å²) in [5, 5.41) is 2.78. The number of carbonyl (C=O) groups excluding carboxylic acids is 2. The average Bonchev–Trinajstić information content (AvgIpc) is 2.59. The van der Waals surface area contributed by atoms with Gasteiger partial charge in [0.2, 0.25) is 11.8 Å². The molecule has 6 nitrogen and oxygen atoms in total. The molecule has 1 N–H and O–H groups in total. The van der Waals surface area contributed by atoms with E-state index in [0.29, 0.717) is 23.7 Å². The standard InChI is InChI=1S/C19H22BrN3O3/c1-4-23(12-17(24)22-13(2)3)19(25)14-8-9-18(21-11-14)26-16-7-5-6-15(20)10-16/h5-11,13H,4,12H2,1-3H3,(H,22,24). The van der Waals surface area contributed by atoms with E-state index in [1.165, 1.54) is 11.1 Å². The molecule has 0 atom stereocenters. The summed E-state index contributed by atoms with van der Waals surface area (Å²) in [6, 6.07) is 10.7. The first-order chi connectivity index (χ1) is 12.4. The molecule has 2 amide bonds. The lowest BCUT2D eigenvalue weighted by Crippen LogP contribution is -2.42. The molecular weight excluding hydrogens is 398 g/mol. The first-order valence-corrected chi connectivity index (χ1v) is 9.16. The molecule has 26 heavy (non-hydrogen) atoms. The number of pyridine rings is 1. The molecule has 0 aliphatic heterocycles. The first kappa shape index (κ1) is 19.9. The molecule has 0 aliphatic carbocycles. The van der Waals surface area contributed by atoms with Crippen molar-refractivity contribution in [2.45, 2.75) is 26.8 Å². The van der Waals surface area contributed by atoms with Crippen LogP contribution in [-0.2, 0) is 4.79 Å². The summed E-state index contributed by atoms with van der Waals surface area (Å²) in [5.74, 6) is 0.609. The van der Waals surface area contributed by atoms with Crippen molar-refractivity contribution < 1.29 is 14.3 Å². The third-order valence-electron chi connectivity index (χ3n) is 3.45. The quantitative estimate of drug-likeness (QED) is 0.743. The second kappa shape index (κ2) is 9.33. The Morgan fingerprint density at radius 2 is 2.04 bits per heavy atom. The van der Waals surface area contributed by atoms with Crippen LogP contribution in [0, 0.1) is 0 Å². The van der Waals surface area contributed by atoms with Gasteiger partial charge in [0.25, 0.3) is 5.91 Å². The van der Waals surface area contributed by atoms with E-state index in [4.69, 9.17) is 4.74 Å². The summed E-state index contributed by atoms with van der Waals surface area (Å²) in [6.07, 6.45) is 1.46. The van der Waals surface area contributed by atoms with Crippen LogP contribution in [0.4, 0.5) is 0 Å². The van der Waals surface area contributed by atoms with Gasteiger partial charge in [0.05, 0.1) is 12.1 Å². The molecule has 2 aromatic rings. The van der Waals surface area contributed by atoms with Gasteiger partial charge in [-0.3, -0.25) is 9.59 Å². The largest absolute Gasteiger partial charge is 0.439 e. The van der Waals surface area contributed by atoms with Crippen molar-refractivity contribution >= 4 is 27.7 Å². The molecule has 1 heterocycles. The topological polar surface area (TPSA) is 71.5 Å². The molecule has 0 saturated heterocycles. The minimum atomic E-state index is -0.243. The third-order valence-corrected chi connectivity index (χ3v) is 3.95. The number of amides is 2. The van der Waals surface area contributed by atoms with Gasteiger partial charge in [-0.2, -0.15) is 0 Å². The maximum atomic E-state index is 12.6. The van der Waals surface area contributed by atoms with E-state index in [1.54, 1.807) is 12.1 Å². The van der Waals surface area contributed by atoms with Crippen LogP contribution in [0.5, 0.6) is 11.6 Å². The Hall–Kier alpha value is -2.41. The summed E-state index contributed by atoms with van der Waals surface area (Å²) >= 11 is 3.38. The summed E-state index contributed by atoms with van der Waals surface area (Å²) in [5.41, 5.74) is 0.408. The second-order valence-electron chi connectivity index (χ2n) is 5.99. The summed E-state index contributed by atoms with van der Waals surface area (Å²) in [7, 11) is 0. The van der Waals surface area contributed by atoms with Crippen LogP contribution in [0.1, 0.15) is 31.1 Å². The fraction of sp³-hybridized carbons (Fsp3) is 0.316. The van der Waals surface area contributed by atoms with E-state index in [0.717, 1.165) is 4.47 Å². The number of nitrogens with one attached hydrogen (secondary N) is 1. The highest BCUT2D eigenvalue weighted by Gasteiger charge is 2.18. The number of halogens is 1. The predicted molar refractivity (Wildman–Crippen MR) is 103 cm³/mol. The van der Waals surface area contributed by atoms with Crippen LogP contribution in [0.2, 0.25) is 0 Å². The van der Waals surface area contributed by atoms with Gasteiger partial charge >= 0.3 is 0 Å². The van der Waals surface area contributed by atoms with Gasteiger partial charge in [0.15, 0.2) is 0 Å². The summed E-state index contributed by atoms with van der Waals surface area (Å²) in [4.78, 5) is 30.1. The molecule has 0 fully saturated rings. The molecule has 0 bridgehead atoms. The normalized spacial score (nSPS) is 10.5.